The number of carbonyl (C=O) groups is 1. The molecule has 0 radical (unpaired) electrons. The average Bonchev–Trinajstić information content (AvgIpc) is 3.18. The van der Waals surface area contributed by atoms with Crippen LogP contribution in [0.4, 0.5) is 11.4 Å². The van der Waals surface area contributed by atoms with E-state index in [4.69, 9.17) is 4.74 Å². The highest BCUT2D eigenvalue weighted by Gasteiger charge is 2.35. The number of amides is 1. The summed E-state index contributed by atoms with van der Waals surface area (Å²) < 4.78 is 5.79. The molecular weight excluding hydrogens is 350 g/mol. The number of anilines is 2. The van der Waals surface area contributed by atoms with Crippen LogP contribution in [-0.4, -0.2) is 51.3 Å². The summed E-state index contributed by atoms with van der Waals surface area (Å²) in [6, 6.07) is 16.5. The molecule has 1 atom stereocenters. The molecule has 148 valence electrons. The summed E-state index contributed by atoms with van der Waals surface area (Å²) >= 11 is 0. The molecule has 0 aromatic heterocycles. The molecular formula is C23H30N3O2+. The van der Waals surface area contributed by atoms with Crippen molar-refractivity contribution in [2.75, 3.05) is 49.1 Å². The number of hydrogen-bond donors (Lipinski definition) is 1. The molecule has 1 N–H and O–H groups in total. The zero-order valence-corrected chi connectivity index (χ0v) is 16.9. The van der Waals surface area contributed by atoms with Crippen molar-refractivity contribution < 1.29 is 14.4 Å². The molecule has 2 aromatic carbocycles. The first-order chi connectivity index (χ1) is 13.7. The lowest BCUT2D eigenvalue weighted by Gasteiger charge is -2.37. The number of ether oxygens (including phenoxy) is 1. The third kappa shape index (κ3) is 3.59. The van der Waals surface area contributed by atoms with Crippen LogP contribution in [0, 0.1) is 0 Å². The van der Waals surface area contributed by atoms with Crippen molar-refractivity contribution in [3.8, 4) is 5.75 Å². The SMILES string of the molecule is CCOc1ccccc1N1CC[NH+]([C@@H](C)C(=O)N2CCc3ccccc32)CC1. The van der Waals surface area contributed by atoms with Crippen molar-refractivity contribution in [3.63, 3.8) is 0 Å². The third-order valence-corrected chi connectivity index (χ3v) is 6.05. The van der Waals surface area contributed by atoms with Gasteiger partial charge in [0.2, 0.25) is 0 Å². The van der Waals surface area contributed by atoms with E-state index in [0.717, 1.165) is 56.3 Å². The minimum Gasteiger partial charge on any atom is -0.492 e. The fraction of sp³-hybridized carbons (Fsp3) is 0.435. The Kier molecular flexibility index (Phi) is 5.53. The summed E-state index contributed by atoms with van der Waals surface area (Å²) in [5.41, 5.74) is 3.55. The number of piperazine rings is 1. The van der Waals surface area contributed by atoms with Crippen molar-refractivity contribution >= 4 is 17.3 Å². The van der Waals surface area contributed by atoms with Gasteiger partial charge in [-0.15, -0.1) is 0 Å². The van der Waals surface area contributed by atoms with Crippen molar-refractivity contribution in [2.24, 2.45) is 0 Å². The van der Waals surface area contributed by atoms with Crippen LogP contribution in [0.2, 0.25) is 0 Å². The second-order valence-electron chi connectivity index (χ2n) is 7.64. The van der Waals surface area contributed by atoms with E-state index in [9.17, 15) is 4.79 Å². The average molecular weight is 381 g/mol. The van der Waals surface area contributed by atoms with Gasteiger partial charge in [0, 0.05) is 12.2 Å². The minimum atomic E-state index is -0.0181. The van der Waals surface area contributed by atoms with Gasteiger partial charge in [-0.25, -0.2) is 0 Å². The molecule has 1 saturated heterocycles. The van der Waals surface area contributed by atoms with Gasteiger partial charge in [0.25, 0.3) is 5.91 Å². The normalized spacial score (nSPS) is 18.1. The van der Waals surface area contributed by atoms with E-state index < -0.39 is 0 Å². The first-order valence-corrected chi connectivity index (χ1v) is 10.4. The zero-order valence-electron chi connectivity index (χ0n) is 16.9. The van der Waals surface area contributed by atoms with E-state index in [1.54, 1.807) is 0 Å². The molecule has 2 aliphatic rings. The van der Waals surface area contributed by atoms with Gasteiger partial charge in [-0.2, -0.15) is 0 Å². The Hall–Kier alpha value is -2.53. The van der Waals surface area contributed by atoms with E-state index in [1.165, 1.54) is 10.5 Å². The van der Waals surface area contributed by atoms with Gasteiger partial charge in [-0.1, -0.05) is 30.3 Å². The number of para-hydroxylation sites is 3. The van der Waals surface area contributed by atoms with Gasteiger partial charge in [-0.3, -0.25) is 4.79 Å². The first kappa shape index (κ1) is 18.8. The molecule has 0 bridgehead atoms. The van der Waals surface area contributed by atoms with Crippen LogP contribution in [0.25, 0.3) is 0 Å². The standard InChI is InChI=1S/C23H29N3O2/c1-3-28-22-11-7-6-10-21(22)25-16-14-24(15-17-25)18(2)23(27)26-13-12-19-8-4-5-9-20(19)26/h4-11,18H,3,12-17H2,1-2H3/p+1/t18-/m0/s1. The highest BCUT2D eigenvalue weighted by atomic mass is 16.5. The summed E-state index contributed by atoms with van der Waals surface area (Å²) in [6.45, 7) is 9.38. The number of fused-ring (bicyclic) bond motifs is 1. The molecule has 0 aliphatic carbocycles. The van der Waals surface area contributed by atoms with E-state index in [0.29, 0.717) is 6.61 Å². The topological polar surface area (TPSA) is 37.2 Å². The molecule has 0 saturated carbocycles. The van der Waals surface area contributed by atoms with Crippen molar-refractivity contribution in [1.82, 2.24) is 0 Å². The van der Waals surface area contributed by atoms with Crippen LogP contribution in [0.15, 0.2) is 48.5 Å². The van der Waals surface area contributed by atoms with E-state index in [2.05, 4.69) is 42.2 Å². The molecule has 5 nitrogen and oxygen atoms in total. The number of benzene rings is 2. The Labute approximate surface area is 167 Å². The lowest BCUT2D eigenvalue weighted by molar-refractivity contribution is -0.914. The van der Waals surface area contributed by atoms with Crippen LogP contribution in [0.5, 0.6) is 5.75 Å². The van der Waals surface area contributed by atoms with Gasteiger partial charge in [0.1, 0.15) is 5.75 Å². The lowest BCUT2D eigenvalue weighted by atomic mass is 10.1. The van der Waals surface area contributed by atoms with E-state index in [-0.39, 0.29) is 11.9 Å². The van der Waals surface area contributed by atoms with Crippen molar-refractivity contribution in [2.45, 2.75) is 26.3 Å². The molecule has 2 heterocycles. The van der Waals surface area contributed by atoms with Crippen LogP contribution in [-0.2, 0) is 11.2 Å². The van der Waals surface area contributed by atoms with Crippen molar-refractivity contribution in [3.05, 3.63) is 54.1 Å². The zero-order chi connectivity index (χ0) is 19.5. The summed E-state index contributed by atoms with van der Waals surface area (Å²) in [6.07, 6.45) is 0.964. The second-order valence-corrected chi connectivity index (χ2v) is 7.64. The van der Waals surface area contributed by atoms with E-state index in [1.807, 2.05) is 30.0 Å². The minimum absolute atomic E-state index is 0.0181. The third-order valence-electron chi connectivity index (χ3n) is 6.05. The highest BCUT2D eigenvalue weighted by Crippen LogP contribution is 2.29. The summed E-state index contributed by atoms with van der Waals surface area (Å²) in [4.78, 5) is 18.9. The molecule has 0 spiro atoms. The molecule has 28 heavy (non-hydrogen) atoms. The Morgan fingerprint density at radius 1 is 1.04 bits per heavy atom. The maximum atomic E-state index is 13.2. The summed E-state index contributed by atoms with van der Waals surface area (Å²) in [5.74, 6) is 1.20. The number of nitrogens with zero attached hydrogens (tertiary/aromatic N) is 2. The van der Waals surface area contributed by atoms with Crippen LogP contribution < -0.4 is 19.4 Å². The molecule has 0 unspecified atom stereocenters. The highest BCUT2D eigenvalue weighted by molar-refractivity contribution is 5.97. The van der Waals surface area contributed by atoms with Crippen LogP contribution in [0.1, 0.15) is 19.4 Å². The monoisotopic (exact) mass is 380 g/mol. The summed E-state index contributed by atoms with van der Waals surface area (Å²) in [7, 11) is 0. The second kappa shape index (κ2) is 8.23. The van der Waals surface area contributed by atoms with Gasteiger partial charge in [-0.05, 0) is 44.0 Å². The van der Waals surface area contributed by atoms with Crippen molar-refractivity contribution in [1.29, 1.82) is 0 Å². The Balaban J connectivity index is 1.40. The van der Waals surface area contributed by atoms with Crippen LogP contribution in [0.3, 0.4) is 0 Å². The molecule has 2 aromatic rings. The maximum absolute atomic E-state index is 13.2. The molecule has 4 rings (SSSR count). The molecule has 5 heteroatoms. The van der Waals surface area contributed by atoms with E-state index >= 15 is 0 Å². The number of carbonyl (C=O) groups excluding carboxylic acids is 1. The fourth-order valence-electron chi connectivity index (χ4n) is 4.44. The Morgan fingerprint density at radius 3 is 2.46 bits per heavy atom. The number of rotatable bonds is 5. The van der Waals surface area contributed by atoms with Gasteiger partial charge in [0.05, 0.1) is 38.5 Å². The molecule has 1 amide bonds. The Morgan fingerprint density at radius 2 is 1.71 bits per heavy atom. The largest absolute Gasteiger partial charge is 0.492 e. The predicted octanol–water partition coefficient (Wildman–Crippen LogP) is 1.77. The maximum Gasteiger partial charge on any atom is 0.284 e. The van der Waals surface area contributed by atoms with Crippen LogP contribution >= 0.6 is 0 Å². The van der Waals surface area contributed by atoms with Gasteiger partial charge < -0.3 is 19.4 Å². The number of quaternary nitrogens is 1. The quantitative estimate of drug-likeness (QED) is 0.859. The smallest absolute Gasteiger partial charge is 0.284 e. The molecule has 2 aliphatic heterocycles. The van der Waals surface area contributed by atoms with Gasteiger partial charge in [0.15, 0.2) is 6.04 Å². The number of hydrogen-bond acceptors (Lipinski definition) is 3. The number of nitrogens with one attached hydrogen (secondary N) is 1. The van der Waals surface area contributed by atoms with Gasteiger partial charge >= 0.3 is 0 Å². The first-order valence-electron chi connectivity index (χ1n) is 10.4. The molecule has 1 fully saturated rings. The summed E-state index contributed by atoms with van der Waals surface area (Å²) in [5, 5.41) is 0. The predicted molar refractivity (Wildman–Crippen MR) is 112 cm³/mol. The fourth-order valence-corrected chi connectivity index (χ4v) is 4.44. The lowest BCUT2D eigenvalue weighted by Crippen LogP contribution is -3.19. The Bertz CT molecular complexity index is 830.